The lowest BCUT2D eigenvalue weighted by Crippen LogP contribution is -2.43. The highest BCUT2D eigenvalue weighted by atomic mass is 19.4. The van der Waals surface area contributed by atoms with Gasteiger partial charge in [0.2, 0.25) is 11.8 Å². The fourth-order valence-corrected chi connectivity index (χ4v) is 5.90. The van der Waals surface area contributed by atoms with Crippen LogP contribution in [0.3, 0.4) is 0 Å². The van der Waals surface area contributed by atoms with E-state index in [1.165, 1.54) is 5.56 Å². The Kier molecular flexibility index (Phi) is 10.8. The lowest BCUT2D eigenvalue weighted by Gasteiger charge is -2.33. The molecule has 11 nitrogen and oxygen atoms in total. The number of rotatable bonds is 7. The molecular weight excluding hydrogens is 583 g/mol. The van der Waals surface area contributed by atoms with Gasteiger partial charge >= 0.3 is 17.5 Å². The van der Waals surface area contributed by atoms with E-state index in [0.717, 1.165) is 11.9 Å². The Bertz CT molecular complexity index is 1480. The van der Waals surface area contributed by atoms with Crippen molar-refractivity contribution in [2.45, 2.75) is 50.2 Å². The van der Waals surface area contributed by atoms with Crippen molar-refractivity contribution in [2.24, 2.45) is 5.92 Å². The first-order valence-corrected chi connectivity index (χ1v) is 14.5. The van der Waals surface area contributed by atoms with E-state index in [4.69, 9.17) is 14.6 Å². The number of nitrogens with one attached hydrogen (secondary N) is 2. The fraction of sp³-hybridized carbons (Fsp3) is 0.500. The molecule has 2 saturated heterocycles. The molecule has 3 aromatic rings. The zero-order valence-corrected chi connectivity index (χ0v) is 24.3. The molecule has 4 heterocycles. The molecule has 2 unspecified atom stereocenters. The summed E-state index contributed by atoms with van der Waals surface area (Å²) in [6, 6.07) is 14.2. The number of pyridine rings is 1. The summed E-state index contributed by atoms with van der Waals surface area (Å²) >= 11 is 0. The highest BCUT2D eigenvalue weighted by Crippen LogP contribution is 2.32. The van der Waals surface area contributed by atoms with Gasteiger partial charge in [0, 0.05) is 57.6 Å². The van der Waals surface area contributed by atoms with Crippen molar-refractivity contribution >= 4 is 28.9 Å². The number of likely N-dealkylation sites (tertiary alicyclic amines) is 2. The number of carboxylic acid groups (broad SMARTS) is 1. The van der Waals surface area contributed by atoms with Crippen LogP contribution >= 0.6 is 0 Å². The number of carbonyl (C=O) groups excluding carboxylic acids is 3. The number of amides is 2. The quantitative estimate of drug-likeness (QED) is 0.427. The third-order valence-electron chi connectivity index (χ3n) is 8.18. The molecule has 44 heavy (non-hydrogen) atoms. The van der Waals surface area contributed by atoms with E-state index in [1.54, 1.807) is 17.9 Å². The van der Waals surface area contributed by atoms with Gasteiger partial charge in [-0.3, -0.25) is 14.2 Å². The van der Waals surface area contributed by atoms with Crippen molar-refractivity contribution in [3.8, 4) is 0 Å². The summed E-state index contributed by atoms with van der Waals surface area (Å²) in [5.74, 6) is -2.98. The van der Waals surface area contributed by atoms with Gasteiger partial charge in [0.25, 0.3) is 0 Å². The molecule has 2 aliphatic rings. The van der Waals surface area contributed by atoms with Crippen LogP contribution in [-0.2, 0) is 19.1 Å². The predicted octanol–water partition coefficient (Wildman–Crippen LogP) is 1.66. The number of hydrogen-bond donors (Lipinski definition) is 1. The number of carboxylic acids is 1. The Morgan fingerprint density at radius 3 is 2.36 bits per heavy atom. The standard InChI is InChI=1S/C28H35N5O4.C2HF3O2/c1-37-17-16-32-19-22(20-6-3-2-4-7-20)10-9-21(27(32)35)18-25(34)31-14-11-23(12-15-31)33-24-8-5-13-29-26(24)30-28(33)36;3-2(4,5)1(6)7/h2-8,13,21-23H,9-12,14-19H2,1H3,(H,29,30,36);(H,6,7). The van der Waals surface area contributed by atoms with Crippen LogP contribution in [0.25, 0.3) is 11.2 Å². The number of imidazole rings is 1. The average molecular weight is 620 g/mol. The number of carbonyl (C=O) groups is 3. The summed E-state index contributed by atoms with van der Waals surface area (Å²) < 4.78 is 38.6. The van der Waals surface area contributed by atoms with Crippen LogP contribution in [0, 0.1) is 5.92 Å². The zero-order valence-electron chi connectivity index (χ0n) is 24.3. The smallest absolute Gasteiger partial charge is 0.430 e. The Morgan fingerprint density at radius 1 is 1.05 bits per heavy atom. The van der Waals surface area contributed by atoms with Crippen molar-refractivity contribution in [1.29, 1.82) is 0 Å². The number of benzene rings is 1. The number of H-pyrrole nitrogens is 2. The number of aromatic nitrogens is 3. The zero-order chi connectivity index (χ0) is 31.9. The molecule has 5 rings (SSSR count). The number of aromatic amines is 2. The van der Waals surface area contributed by atoms with Gasteiger partial charge in [-0.25, -0.2) is 9.78 Å². The van der Waals surface area contributed by atoms with Gasteiger partial charge in [-0.15, -0.1) is 0 Å². The molecule has 1 aromatic carbocycles. The first kappa shape index (κ1) is 32.7. The van der Waals surface area contributed by atoms with Crippen LogP contribution in [0.2, 0.25) is 0 Å². The second-order valence-corrected chi connectivity index (χ2v) is 11.0. The maximum absolute atomic E-state index is 13.5. The third-order valence-corrected chi connectivity index (χ3v) is 8.18. The monoisotopic (exact) mass is 619 g/mol. The minimum atomic E-state index is -5.19. The molecule has 2 atom stereocenters. The van der Waals surface area contributed by atoms with E-state index in [9.17, 15) is 27.6 Å². The third kappa shape index (κ3) is 8.04. The van der Waals surface area contributed by atoms with E-state index in [1.807, 2.05) is 40.1 Å². The van der Waals surface area contributed by atoms with E-state index in [-0.39, 0.29) is 41.8 Å². The molecule has 2 aliphatic heterocycles. The second-order valence-electron chi connectivity index (χ2n) is 11.0. The number of fused-ring (bicyclic) bond motifs is 1. The lowest BCUT2D eigenvalue weighted by molar-refractivity contribution is -0.347. The molecule has 0 saturated carbocycles. The number of nitrogens with zero attached hydrogens (tertiary/aromatic N) is 3. The minimum absolute atomic E-state index is 0.0289. The van der Waals surface area contributed by atoms with Crippen molar-refractivity contribution < 1.29 is 42.4 Å². The van der Waals surface area contributed by atoms with Crippen molar-refractivity contribution in [3.05, 3.63) is 64.7 Å². The fourth-order valence-electron chi connectivity index (χ4n) is 5.90. The molecule has 2 amide bonds. The first-order chi connectivity index (χ1) is 21.0. The number of halogens is 3. The van der Waals surface area contributed by atoms with Crippen LogP contribution in [-0.4, -0.2) is 83.2 Å². The highest BCUT2D eigenvalue weighted by Gasteiger charge is 2.35. The summed E-state index contributed by atoms with van der Waals surface area (Å²) in [6.45, 7) is 2.83. The van der Waals surface area contributed by atoms with Gasteiger partial charge < -0.3 is 24.4 Å². The van der Waals surface area contributed by atoms with Crippen molar-refractivity contribution in [1.82, 2.24) is 19.4 Å². The topological polar surface area (TPSA) is 142 Å². The number of alkyl halides is 3. The van der Waals surface area contributed by atoms with Gasteiger partial charge in [0.05, 0.1) is 12.8 Å². The first-order valence-electron chi connectivity index (χ1n) is 14.5. The highest BCUT2D eigenvalue weighted by molar-refractivity contribution is 5.86. The number of piperidine rings is 1. The summed E-state index contributed by atoms with van der Waals surface area (Å²) in [5.41, 5.74) is 2.67. The van der Waals surface area contributed by atoms with Crippen LogP contribution < -0.4 is 15.8 Å². The van der Waals surface area contributed by atoms with Crippen molar-refractivity contribution in [2.75, 3.05) is 39.9 Å². The molecule has 0 bridgehead atoms. The molecule has 2 N–H and O–H groups in total. The Morgan fingerprint density at radius 2 is 1.73 bits per heavy atom. The molecule has 238 valence electrons. The SMILES string of the molecule is COCCN1CC(c2ccccc2)CCC(CC(=O)N2CCC(n3c(=O)[nH]c4[nH+]cccc43)CC2)C1=O.O=C([O-])C(F)(F)F. The maximum atomic E-state index is 13.5. The van der Waals surface area contributed by atoms with Crippen LogP contribution in [0.15, 0.2) is 53.5 Å². The van der Waals surface area contributed by atoms with Gasteiger partial charge in [-0.2, -0.15) is 18.2 Å². The Hall–Kier alpha value is -4.20. The molecule has 14 heteroatoms. The van der Waals surface area contributed by atoms with Crippen molar-refractivity contribution in [3.63, 3.8) is 0 Å². The van der Waals surface area contributed by atoms with Crippen LogP contribution in [0.4, 0.5) is 13.2 Å². The van der Waals surface area contributed by atoms with E-state index in [2.05, 4.69) is 22.1 Å². The second kappa shape index (κ2) is 14.5. The molecule has 0 spiro atoms. The summed E-state index contributed by atoms with van der Waals surface area (Å²) in [4.78, 5) is 57.9. The number of methoxy groups -OCH3 is 1. The van der Waals surface area contributed by atoms with Crippen LogP contribution in [0.1, 0.15) is 49.6 Å². The molecule has 2 aromatic heterocycles. The van der Waals surface area contributed by atoms with Gasteiger partial charge in [-0.05, 0) is 43.4 Å². The molecule has 2 fully saturated rings. The minimum Gasteiger partial charge on any atom is -0.542 e. The summed E-state index contributed by atoms with van der Waals surface area (Å²) in [6.07, 6.45) is -0.178. The van der Waals surface area contributed by atoms with Gasteiger partial charge in [-0.1, -0.05) is 30.3 Å². The predicted molar refractivity (Wildman–Crippen MR) is 150 cm³/mol. The van der Waals surface area contributed by atoms with Gasteiger partial charge in [0.1, 0.15) is 11.5 Å². The van der Waals surface area contributed by atoms with E-state index >= 15 is 0 Å². The maximum Gasteiger partial charge on any atom is 0.430 e. The average Bonchev–Trinajstić information content (AvgIpc) is 3.27. The van der Waals surface area contributed by atoms with Gasteiger partial charge in [0.15, 0.2) is 0 Å². The van der Waals surface area contributed by atoms with E-state index in [0.29, 0.717) is 57.7 Å². The Balaban J connectivity index is 0.000000566. The lowest BCUT2D eigenvalue weighted by atomic mass is 9.90. The molecule has 0 aliphatic carbocycles. The number of aliphatic carboxylic acids is 1. The number of ether oxygens (including phenoxy) is 1. The van der Waals surface area contributed by atoms with E-state index < -0.39 is 12.1 Å². The summed E-state index contributed by atoms with van der Waals surface area (Å²) in [7, 11) is 1.64. The molecular formula is C30H36F3N5O6. The molecule has 0 radical (unpaired) electrons. The Labute approximate surface area is 251 Å². The number of hydrogen-bond acceptors (Lipinski definition) is 6. The largest absolute Gasteiger partial charge is 0.542 e. The summed E-state index contributed by atoms with van der Waals surface area (Å²) in [5, 5.41) is 8.78. The van der Waals surface area contributed by atoms with Crippen LogP contribution in [0.5, 0.6) is 0 Å². The normalized spacial score (nSPS) is 19.8.